The number of aliphatic hydroxyl groups is 1. The summed E-state index contributed by atoms with van der Waals surface area (Å²) in [5.74, 6) is 0.167. The van der Waals surface area contributed by atoms with Gasteiger partial charge in [-0.1, -0.05) is 6.42 Å². The predicted molar refractivity (Wildman–Crippen MR) is 67.3 cm³/mol. The molecular formula is C12H18ClNO3. The number of aromatic hydroxyl groups is 2. The number of halogens is 1. The zero-order valence-electron chi connectivity index (χ0n) is 9.41. The SMILES string of the molecule is Cl.N[C@H](c1ccc(O)cc1O)[C@@H](O)C1CCC1. The maximum absolute atomic E-state index is 9.99. The van der Waals surface area contributed by atoms with Crippen LogP contribution in [0.15, 0.2) is 18.2 Å². The molecular weight excluding hydrogens is 242 g/mol. The normalized spacial score (nSPS) is 18.9. The Bertz CT molecular complexity index is 382. The second kappa shape index (κ2) is 5.58. The van der Waals surface area contributed by atoms with Gasteiger partial charge >= 0.3 is 0 Å². The molecule has 1 fully saturated rings. The topological polar surface area (TPSA) is 86.7 Å². The first-order valence-electron chi connectivity index (χ1n) is 5.55. The first-order chi connectivity index (χ1) is 7.59. The van der Waals surface area contributed by atoms with E-state index < -0.39 is 12.1 Å². The molecule has 1 aliphatic carbocycles. The van der Waals surface area contributed by atoms with Crippen LogP contribution in [-0.4, -0.2) is 21.4 Å². The highest BCUT2D eigenvalue weighted by Crippen LogP contribution is 2.36. The number of nitrogens with two attached hydrogens (primary N) is 1. The number of aliphatic hydroxyl groups excluding tert-OH is 1. The summed E-state index contributed by atoms with van der Waals surface area (Å²) >= 11 is 0. The first kappa shape index (κ1) is 14.1. The van der Waals surface area contributed by atoms with Crippen molar-refractivity contribution in [1.29, 1.82) is 0 Å². The van der Waals surface area contributed by atoms with Crippen LogP contribution in [0, 0.1) is 5.92 Å². The monoisotopic (exact) mass is 259 g/mol. The van der Waals surface area contributed by atoms with Crippen molar-refractivity contribution in [2.75, 3.05) is 0 Å². The number of benzene rings is 1. The summed E-state index contributed by atoms with van der Waals surface area (Å²) in [5.41, 5.74) is 6.39. The smallest absolute Gasteiger partial charge is 0.124 e. The molecule has 0 amide bonds. The van der Waals surface area contributed by atoms with Gasteiger partial charge in [0, 0.05) is 11.6 Å². The molecule has 4 nitrogen and oxygen atoms in total. The van der Waals surface area contributed by atoms with Gasteiger partial charge in [0.25, 0.3) is 0 Å². The van der Waals surface area contributed by atoms with E-state index >= 15 is 0 Å². The van der Waals surface area contributed by atoms with E-state index in [9.17, 15) is 10.2 Å². The van der Waals surface area contributed by atoms with E-state index in [4.69, 9.17) is 10.8 Å². The molecule has 96 valence electrons. The Morgan fingerprint density at radius 1 is 1.24 bits per heavy atom. The highest BCUT2D eigenvalue weighted by Gasteiger charge is 2.31. The van der Waals surface area contributed by atoms with Gasteiger partial charge in [-0.2, -0.15) is 0 Å². The van der Waals surface area contributed by atoms with Crippen LogP contribution in [0.5, 0.6) is 11.5 Å². The summed E-state index contributed by atoms with van der Waals surface area (Å²) in [6.07, 6.45) is 2.50. The quantitative estimate of drug-likeness (QED) is 0.665. The summed E-state index contributed by atoms with van der Waals surface area (Å²) in [4.78, 5) is 0. The molecule has 0 radical (unpaired) electrons. The van der Waals surface area contributed by atoms with Gasteiger partial charge in [0.2, 0.25) is 0 Å². The minimum Gasteiger partial charge on any atom is -0.508 e. The van der Waals surface area contributed by atoms with Gasteiger partial charge < -0.3 is 21.1 Å². The lowest BCUT2D eigenvalue weighted by Gasteiger charge is -2.33. The van der Waals surface area contributed by atoms with Crippen LogP contribution < -0.4 is 5.73 Å². The van der Waals surface area contributed by atoms with Crippen molar-refractivity contribution in [1.82, 2.24) is 0 Å². The Morgan fingerprint density at radius 2 is 1.88 bits per heavy atom. The van der Waals surface area contributed by atoms with Crippen LogP contribution >= 0.6 is 12.4 Å². The van der Waals surface area contributed by atoms with Crippen LogP contribution in [0.1, 0.15) is 30.9 Å². The second-order valence-corrected chi connectivity index (χ2v) is 4.45. The highest BCUT2D eigenvalue weighted by atomic mass is 35.5. The molecule has 1 aromatic carbocycles. The molecule has 5 heteroatoms. The average Bonchev–Trinajstić information content (AvgIpc) is 2.14. The van der Waals surface area contributed by atoms with Gasteiger partial charge in [-0.3, -0.25) is 0 Å². The Morgan fingerprint density at radius 3 is 2.35 bits per heavy atom. The Labute approximate surface area is 106 Å². The van der Waals surface area contributed by atoms with Gasteiger partial charge in [0.05, 0.1) is 12.1 Å². The zero-order chi connectivity index (χ0) is 11.7. The fourth-order valence-electron chi connectivity index (χ4n) is 2.07. The van der Waals surface area contributed by atoms with Crippen molar-refractivity contribution in [2.24, 2.45) is 11.7 Å². The molecule has 5 N–H and O–H groups in total. The number of phenols is 2. The third-order valence-electron chi connectivity index (χ3n) is 3.37. The van der Waals surface area contributed by atoms with Crippen molar-refractivity contribution in [3.63, 3.8) is 0 Å². The number of hydrogen-bond acceptors (Lipinski definition) is 4. The highest BCUT2D eigenvalue weighted by molar-refractivity contribution is 5.85. The standard InChI is InChI=1S/C12H17NO3.ClH/c13-11(12(16)7-2-1-3-7)9-5-4-8(14)6-10(9)15;/h4-7,11-12,14-16H,1-3,13H2;1H/t11-,12+;/m1./s1. The van der Waals surface area contributed by atoms with Crippen LogP contribution in [0.25, 0.3) is 0 Å². The Kier molecular flexibility index (Phi) is 4.62. The molecule has 1 aliphatic rings. The van der Waals surface area contributed by atoms with E-state index in [0.29, 0.717) is 5.56 Å². The summed E-state index contributed by atoms with van der Waals surface area (Å²) in [5, 5.41) is 28.8. The van der Waals surface area contributed by atoms with Crippen molar-refractivity contribution < 1.29 is 15.3 Å². The van der Waals surface area contributed by atoms with Crippen LogP contribution in [0.4, 0.5) is 0 Å². The van der Waals surface area contributed by atoms with E-state index in [2.05, 4.69) is 0 Å². The van der Waals surface area contributed by atoms with Crippen molar-refractivity contribution >= 4 is 12.4 Å². The van der Waals surface area contributed by atoms with Crippen molar-refractivity contribution in [2.45, 2.75) is 31.4 Å². The molecule has 0 aromatic heterocycles. The van der Waals surface area contributed by atoms with Crippen LogP contribution in [0.2, 0.25) is 0 Å². The molecule has 0 saturated heterocycles. The second-order valence-electron chi connectivity index (χ2n) is 4.45. The van der Waals surface area contributed by atoms with Crippen molar-refractivity contribution in [3.05, 3.63) is 23.8 Å². The summed E-state index contributed by atoms with van der Waals surface area (Å²) < 4.78 is 0. The molecule has 2 rings (SSSR count). The maximum atomic E-state index is 9.99. The lowest BCUT2D eigenvalue weighted by Crippen LogP contribution is -2.36. The molecule has 0 unspecified atom stereocenters. The van der Waals surface area contributed by atoms with Crippen LogP contribution in [-0.2, 0) is 0 Å². The average molecular weight is 260 g/mol. The lowest BCUT2D eigenvalue weighted by atomic mass is 9.77. The molecule has 0 heterocycles. The van der Waals surface area contributed by atoms with E-state index in [0.717, 1.165) is 19.3 Å². The van der Waals surface area contributed by atoms with E-state index in [1.165, 1.54) is 12.1 Å². The van der Waals surface area contributed by atoms with Gasteiger partial charge in [-0.25, -0.2) is 0 Å². The summed E-state index contributed by atoms with van der Waals surface area (Å²) in [6, 6.07) is 3.66. The van der Waals surface area contributed by atoms with E-state index in [-0.39, 0.29) is 29.8 Å². The molecule has 1 saturated carbocycles. The molecule has 17 heavy (non-hydrogen) atoms. The number of rotatable bonds is 3. The largest absolute Gasteiger partial charge is 0.508 e. The fraction of sp³-hybridized carbons (Fsp3) is 0.500. The predicted octanol–water partition coefficient (Wildman–Crippen LogP) is 1.68. The van der Waals surface area contributed by atoms with E-state index in [1.54, 1.807) is 6.07 Å². The molecule has 0 bridgehead atoms. The summed E-state index contributed by atoms with van der Waals surface area (Å²) in [6.45, 7) is 0. The fourth-order valence-corrected chi connectivity index (χ4v) is 2.07. The third kappa shape index (κ3) is 2.83. The summed E-state index contributed by atoms with van der Waals surface area (Å²) in [7, 11) is 0. The number of hydrogen-bond donors (Lipinski definition) is 4. The molecule has 2 atom stereocenters. The maximum Gasteiger partial charge on any atom is 0.124 e. The minimum absolute atomic E-state index is 0. The zero-order valence-corrected chi connectivity index (χ0v) is 10.2. The Hall–Kier alpha value is -0.970. The van der Waals surface area contributed by atoms with E-state index in [1.807, 2.05) is 0 Å². The molecule has 0 aliphatic heterocycles. The van der Waals surface area contributed by atoms with Gasteiger partial charge in [-0.15, -0.1) is 12.4 Å². The Balaban J connectivity index is 0.00000144. The first-order valence-corrected chi connectivity index (χ1v) is 5.55. The van der Waals surface area contributed by atoms with Gasteiger partial charge in [0.15, 0.2) is 0 Å². The van der Waals surface area contributed by atoms with Crippen LogP contribution in [0.3, 0.4) is 0 Å². The number of phenolic OH excluding ortho intramolecular Hbond substituents is 2. The lowest BCUT2D eigenvalue weighted by molar-refractivity contribution is 0.0407. The van der Waals surface area contributed by atoms with Gasteiger partial charge in [0.1, 0.15) is 11.5 Å². The molecule has 0 spiro atoms. The minimum atomic E-state index is -0.621. The van der Waals surface area contributed by atoms with Gasteiger partial charge in [-0.05, 0) is 30.9 Å². The third-order valence-corrected chi connectivity index (χ3v) is 3.37. The molecule has 1 aromatic rings. The van der Waals surface area contributed by atoms with Crippen molar-refractivity contribution in [3.8, 4) is 11.5 Å².